The molecule has 3 rings (SSSR count). The van der Waals surface area contributed by atoms with Gasteiger partial charge in [0, 0.05) is 49.6 Å². The monoisotopic (exact) mass is 501 g/mol. The molecule has 2 aromatic rings. The summed E-state index contributed by atoms with van der Waals surface area (Å²) in [5, 5.41) is 18.6. The summed E-state index contributed by atoms with van der Waals surface area (Å²) in [6.07, 6.45) is 1.84. The molecular formula is C24H35N7O3S. The third-order valence-electron chi connectivity index (χ3n) is 6.27. The SMILES string of the molecule is CC1CCN(CC(CC(=O)NC(=N)C(=N)N)NS(=O)(=O)c2cccc3c(N(C)C)cccc23)CC1. The maximum absolute atomic E-state index is 13.6. The van der Waals surface area contributed by atoms with Crippen molar-refractivity contribution in [3.8, 4) is 0 Å². The molecule has 35 heavy (non-hydrogen) atoms. The summed E-state index contributed by atoms with van der Waals surface area (Å²) in [5.74, 6) is -1.03. The van der Waals surface area contributed by atoms with Crippen LogP contribution in [0, 0.1) is 16.7 Å². The number of benzene rings is 2. The van der Waals surface area contributed by atoms with E-state index in [1.165, 1.54) is 0 Å². The van der Waals surface area contributed by atoms with Gasteiger partial charge in [0.15, 0.2) is 11.7 Å². The predicted molar refractivity (Wildman–Crippen MR) is 140 cm³/mol. The molecule has 1 aliphatic heterocycles. The average molecular weight is 502 g/mol. The first kappa shape index (κ1) is 26.6. The first-order valence-corrected chi connectivity index (χ1v) is 13.1. The highest BCUT2D eigenvalue weighted by molar-refractivity contribution is 7.89. The first-order chi connectivity index (χ1) is 16.5. The topological polar surface area (TPSA) is 155 Å². The lowest BCUT2D eigenvalue weighted by Gasteiger charge is -2.33. The summed E-state index contributed by atoms with van der Waals surface area (Å²) < 4.78 is 29.9. The molecule has 1 heterocycles. The number of carbonyl (C=O) groups is 1. The van der Waals surface area contributed by atoms with Crippen LogP contribution in [-0.4, -0.2) is 70.7 Å². The number of sulfonamides is 1. The van der Waals surface area contributed by atoms with E-state index in [-0.39, 0.29) is 11.3 Å². The minimum absolute atomic E-state index is 0.146. The van der Waals surface area contributed by atoms with Gasteiger partial charge in [-0.25, -0.2) is 13.1 Å². The van der Waals surface area contributed by atoms with Gasteiger partial charge in [-0.3, -0.25) is 15.6 Å². The van der Waals surface area contributed by atoms with Gasteiger partial charge in [0.2, 0.25) is 15.9 Å². The smallest absolute Gasteiger partial charge is 0.241 e. The number of hydrogen-bond donors (Lipinski definition) is 5. The van der Waals surface area contributed by atoms with E-state index in [1.54, 1.807) is 18.2 Å². The molecule has 1 saturated heterocycles. The molecule has 0 saturated carbocycles. The van der Waals surface area contributed by atoms with Crippen LogP contribution in [-0.2, 0) is 14.8 Å². The number of piperidine rings is 1. The standard InChI is InChI=1S/C24H35N7O3S/c1-16-10-12-31(13-11-16)15-17(14-22(32)28-24(27)23(25)26)29-35(33,34)21-9-5-6-18-19(21)7-4-8-20(18)30(2)3/h4-9,16-17,29H,10-15H2,1-3H3,(H3,25,26)(H2,27,28,32). The van der Waals surface area contributed by atoms with Crippen LogP contribution in [0.5, 0.6) is 0 Å². The van der Waals surface area contributed by atoms with Gasteiger partial charge in [-0.1, -0.05) is 31.2 Å². The number of rotatable bonds is 8. The second kappa shape index (κ2) is 11.1. The Labute approximate surface area is 206 Å². The van der Waals surface area contributed by atoms with E-state index in [4.69, 9.17) is 16.6 Å². The molecular weight excluding hydrogens is 466 g/mol. The minimum Gasteiger partial charge on any atom is -0.381 e. The normalized spacial score (nSPS) is 16.1. The van der Waals surface area contributed by atoms with Crippen molar-refractivity contribution < 1.29 is 13.2 Å². The van der Waals surface area contributed by atoms with Crippen LogP contribution in [0.1, 0.15) is 26.2 Å². The molecule has 1 atom stereocenters. The Kier molecular flexibility index (Phi) is 8.47. The van der Waals surface area contributed by atoms with Gasteiger partial charge in [-0.2, -0.15) is 0 Å². The summed E-state index contributed by atoms with van der Waals surface area (Å²) in [6, 6.07) is 9.97. The lowest BCUT2D eigenvalue weighted by atomic mass is 9.99. The maximum Gasteiger partial charge on any atom is 0.241 e. The van der Waals surface area contributed by atoms with Crippen molar-refractivity contribution in [1.29, 1.82) is 10.8 Å². The molecule has 0 spiro atoms. The number of carbonyl (C=O) groups excluding carboxylic acids is 1. The van der Waals surface area contributed by atoms with Gasteiger partial charge in [-0.05, 0) is 44.0 Å². The van der Waals surface area contributed by atoms with Gasteiger partial charge in [0.25, 0.3) is 0 Å². The molecule has 1 aliphatic rings. The number of nitrogens with zero attached hydrogens (tertiary/aromatic N) is 2. The molecule has 1 fully saturated rings. The predicted octanol–water partition coefficient (Wildman–Crippen LogP) is 1.70. The number of amides is 1. The Morgan fingerprint density at radius 3 is 2.40 bits per heavy atom. The number of amidine groups is 2. The average Bonchev–Trinajstić information content (AvgIpc) is 2.79. The van der Waals surface area contributed by atoms with E-state index in [2.05, 4.69) is 21.9 Å². The highest BCUT2D eigenvalue weighted by atomic mass is 32.2. The van der Waals surface area contributed by atoms with Crippen molar-refractivity contribution in [3.63, 3.8) is 0 Å². The third-order valence-corrected chi connectivity index (χ3v) is 7.85. The van der Waals surface area contributed by atoms with Crippen molar-refractivity contribution in [3.05, 3.63) is 36.4 Å². The number of hydrogen-bond acceptors (Lipinski definition) is 7. The molecule has 0 radical (unpaired) electrons. The second-order valence-corrected chi connectivity index (χ2v) is 11.0. The summed E-state index contributed by atoms with van der Waals surface area (Å²) in [4.78, 5) is 16.8. The zero-order valence-electron chi connectivity index (χ0n) is 20.5. The third kappa shape index (κ3) is 6.77. The Hall–Kier alpha value is -3.02. The van der Waals surface area contributed by atoms with Crippen LogP contribution >= 0.6 is 0 Å². The number of nitrogens with one attached hydrogen (secondary N) is 4. The lowest BCUT2D eigenvalue weighted by Crippen LogP contribution is -2.49. The van der Waals surface area contributed by atoms with Gasteiger partial charge in [-0.15, -0.1) is 0 Å². The summed E-state index contributed by atoms with van der Waals surface area (Å²) in [7, 11) is -0.169. The molecule has 190 valence electrons. The Bertz CT molecular complexity index is 1200. The highest BCUT2D eigenvalue weighted by Gasteiger charge is 2.27. The fourth-order valence-electron chi connectivity index (χ4n) is 4.35. The summed E-state index contributed by atoms with van der Waals surface area (Å²) >= 11 is 0. The summed E-state index contributed by atoms with van der Waals surface area (Å²) in [6.45, 7) is 4.21. The zero-order valence-corrected chi connectivity index (χ0v) is 21.3. The maximum atomic E-state index is 13.6. The number of nitrogens with two attached hydrogens (primary N) is 1. The molecule has 6 N–H and O–H groups in total. The van der Waals surface area contributed by atoms with Crippen LogP contribution in [0.4, 0.5) is 5.69 Å². The largest absolute Gasteiger partial charge is 0.381 e. The van der Waals surface area contributed by atoms with Crippen LogP contribution in [0.3, 0.4) is 0 Å². The molecule has 10 nitrogen and oxygen atoms in total. The van der Waals surface area contributed by atoms with Gasteiger partial charge < -0.3 is 20.9 Å². The Morgan fingerprint density at radius 1 is 1.14 bits per heavy atom. The molecule has 0 aliphatic carbocycles. The van der Waals surface area contributed by atoms with Gasteiger partial charge in [0.05, 0.1) is 4.90 Å². The zero-order chi connectivity index (χ0) is 25.8. The van der Waals surface area contributed by atoms with E-state index in [9.17, 15) is 13.2 Å². The van der Waals surface area contributed by atoms with Crippen LogP contribution in [0.15, 0.2) is 41.3 Å². The van der Waals surface area contributed by atoms with E-state index >= 15 is 0 Å². The fraction of sp³-hybridized carbons (Fsp3) is 0.458. The van der Waals surface area contributed by atoms with Crippen LogP contribution in [0.2, 0.25) is 0 Å². The van der Waals surface area contributed by atoms with Crippen LogP contribution in [0.25, 0.3) is 10.8 Å². The molecule has 1 unspecified atom stereocenters. The van der Waals surface area contributed by atoms with Crippen molar-refractivity contribution in [1.82, 2.24) is 14.9 Å². The van der Waals surface area contributed by atoms with Gasteiger partial charge >= 0.3 is 0 Å². The number of anilines is 1. The Balaban J connectivity index is 1.89. The van der Waals surface area contributed by atoms with Gasteiger partial charge in [0.1, 0.15) is 0 Å². The van der Waals surface area contributed by atoms with Crippen molar-refractivity contribution in [2.45, 2.75) is 37.1 Å². The first-order valence-electron chi connectivity index (χ1n) is 11.6. The molecule has 11 heteroatoms. The lowest BCUT2D eigenvalue weighted by molar-refractivity contribution is -0.120. The Morgan fingerprint density at radius 2 is 1.77 bits per heavy atom. The molecule has 2 aromatic carbocycles. The van der Waals surface area contributed by atoms with E-state index in [0.717, 1.165) is 37.0 Å². The fourth-order valence-corrected chi connectivity index (χ4v) is 5.80. The van der Waals surface area contributed by atoms with Crippen LogP contribution < -0.4 is 20.7 Å². The molecule has 0 aromatic heterocycles. The van der Waals surface area contributed by atoms with E-state index in [1.807, 2.05) is 37.2 Å². The van der Waals surface area contributed by atoms with Crippen molar-refractivity contribution in [2.75, 3.05) is 38.6 Å². The number of likely N-dealkylation sites (tertiary alicyclic amines) is 1. The van der Waals surface area contributed by atoms with Crippen molar-refractivity contribution >= 4 is 44.1 Å². The molecule has 1 amide bonds. The highest BCUT2D eigenvalue weighted by Crippen LogP contribution is 2.30. The van der Waals surface area contributed by atoms with E-state index in [0.29, 0.717) is 17.8 Å². The van der Waals surface area contributed by atoms with Crippen molar-refractivity contribution in [2.24, 2.45) is 11.7 Å². The quantitative estimate of drug-likeness (QED) is 0.274. The molecule has 0 bridgehead atoms. The minimum atomic E-state index is -3.98. The summed E-state index contributed by atoms with van der Waals surface area (Å²) in [5.41, 5.74) is 6.17. The second-order valence-electron chi connectivity index (χ2n) is 9.37. The van der Waals surface area contributed by atoms with E-state index < -0.39 is 33.6 Å². The number of fused-ring (bicyclic) bond motifs is 1.